The minimum atomic E-state index is 0. The molecule has 0 spiro atoms. The number of ether oxygens (including phenoxy) is 1. The molecule has 0 bridgehead atoms. The zero-order valence-corrected chi connectivity index (χ0v) is 18.1. The van der Waals surface area contributed by atoms with Crippen molar-refractivity contribution < 1.29 is 4.74 Å². The average molecular weight is 470 g/mol. The number of aliphatic imine (C=N–C) groups is 1. The maximum atomic E-state index is 5.42. The largest absolute Gasteiger partial charge is 0.497 e. The second kappa shape index (κ2) is 10.8. The van der Waals surface area contributed by atoms with Crippen LogP contribution < -0.4 is 15.4 Å². The Labute approximate surface area is 174 Å². The molecule has 0 radical (unpaired) electrons. The second-order valence-corrected chi connectivity index (χ2v) is 6.77. The van der Waals surface area contributed by atoms with Crippen molar-refractivity contribution in [1.29, 1.82) is 0 Å². The van der Waals surface area contributed by atoms with Crippen LogP contribution in [0.4, 0.5) is 0 Å². The van der Waals surface area contributed by atoms with Gasteiger partial charge >= 0.3 is 0 Å². The number of likely N-dealkylation sites (tertiary alicyclic amines) is 1. The van der Waals surface area contributed by atoms with Crippen LogP contribution in [-0.2, 0) is 0 Å². The SMILES string of the molecule is CN=C(NCC(c1cccc(OC)c1)N1CCCC1)NC1CC=CC1.I. The van der Waals surface area contributed by atoms with Crippen molar-refractivity contribution in [3.8, 4) is 5.75 Å². The maximum absolute atomic E-state index is 5.42. The number of halogens is 1. The molecule has 2 aliphatic rings. The second-order valence-electron chi connectivity index (χ2n) is 6.77. The monoisotopic (exact) mass is 470 g/mol. The smallest absolute Gasteiger partial charge is 0.191 e. The number of benzene rings is 1. The Morgan fingerprint density at radius 3 is 2.65 bits per heavy atom. The van der Waals surface area contributed by atoms with E-state index < -0.39 is 0 Å². The summed E-state index contributed by atoms with van der Waals surface area (Å²) in [5, 5.41) is 7.06. The summed E-state index contributed by atoms with van der Waals surface area (Å²) in [6.45, 7) is 3.15. The molecule has 0 aromatic heterocycles. The van der Waals surface area contributed by atoms with Crippen LogP contribution in [0, 0.1) is 0 Å². The van der Waals surface area contributed by atoms with Gasteiger partial charge in [-0.05, 0) is 56.5 Å². The van der Waals surface area contributed by atoms with Crippen LogP contribution in [-0.4, -0.2) is 50.7 Å². The van der Waals surface area contributed by atoms with Gasteiger partial charge in [0, 0.05) is 19.6 Å². The van der Waals surface area contributed by atoms with Crippen molar-refractivity contribution in [2.45, 2.75) is 37.8 Å². The Morgan fingerprint density at radius 1 is 1.27 bits per heavy atom. The topological polar surface area (TPSA) is 48.9 Å². The van der Waals surface area contributed by atoms with E-state index in [0.29, 0.717) is 12.1 Å². The van der Waals surface area contributed by atoms with Gasteiger partial charge in [0.1, 0.15) is 5.75 Å². The third-order valence-electron chi connectivity index (χ3n) is 5.10. The highest BCUT2D eigenvalue weighted by atomic mass is 127. The van der Waals surface area contributed by atoms with Gasteiger partial charge in [-0.1, -0.05) is 24.3 Å². The van der Waals surface area contributed by atoms with Gasteiger partial charge < -0.3 is 15.4 Å². The number of hydrogen-bond donors (Lipinski definition) is 2. The standard InChI is InChI=1S/C20H30N4O.HI/c1-21-20(23-17-9-3-4-10-17)22-15-19(24-12-5-6-13-24)16-8-7-11-18(14-16)25-2;/h3-4,7-8,11,14,17,19H,5-6,9-10,12-13,15H2,1-2H3,(H2,21,22,23);1H. The first-order valence-corrected chi connectivity index (χ1v) is 9.30. The summed E-state index contributed by atoms with van der Waals surface area (Å²) < 4.78 is 5.42. The highest BCUT2D eigenvalue weighted by Crippen LogP contribution is 2.27. The lowest BCUT2D eigenvalue weighted by molar-refractivity contribution is 0.244. The van der Waals surface area contributed by atoms with Crippen molar-refractivity contribution in [2.24, 2.45) is 4.99 Å². The van der Waals surface area contributed by atoms with Crippen molar-refractivity contribution in [3.05, 3.63) is 42.0 Å². The summed E-state index contributed by atoms with van der Waals surface area (Å²) >= 11 is 0. The van der Waals surface area contributed by atoms with E-state index in [1.165, 1.54) is 18.4 Å². The van der Waals surface area contributed by atoms with Crippen LogP contribution in [0.1, 0.15) is 37.3 Å². The first-order valence-electron chi connectivity index (χ1n) is 9.30. The van der Waals surface area contributed by atoms with Crippen LogP contribution in [0.3, 0.4) is 0 Å². The van der Waals surface area contributed by atoms with E-state index in [2.05, 4.69) is 50.9 Å². The summed E-state index contributed by atoms with van der Waals surface area (Å²) in [5.41, 5.74) is 1.30. The quantitative estimate of drug-likeness (QED) is 0.290. The number of methoxy groups -OCH3 is 1. The van der Waals surface area contributed by atoms with Crippen molar-refractivity contribution >= 4 is 29.9 Å². The minimum Gasteiger partial charge on any atom is -0.497 e. The normalized spacial score (nSPS) is 19.2. The zero-order chi connectivity index (χ0) is 17.5. The Kier molecular flexibility index (Phi) is 8.71. The highest BCUT2D eigenvalue weighted by Gasteiger charge is 2.24. The Bertz CT molecular complexity index is 606. The molecule has 1 atom stereocenters. The molecule has 5 nitrogen and oxygen atoms in total. The van der Waals surface area contributed by atoms with Gasteiger partial charge in [-0.2, -0.15) is 0 Å². The third kappa shape index (κ3) is 5.61. The van der Waals surface area contributed by atoms with Crippen LogP contribution in [0.5, 0.6) is 5.75 Å². The van der Waals surface area contributed by atoms with E-state index in [1.807, 2.05) is 13.1 Å². The lowest BCUT2D eigenvalue weighted by Gasteiger charge is -2.29. The average Bonchev–Trinajstić information content (AvgIpc) is 3.35. The van der Waals surface area contributed by atoms with Gasteiger partial charge in [0.05, 0.1) is 13.2 Å². The molecule has 0 saturated carbocycles. The first-order chi connectivity index (χ1) is 12.3. The molecular formula is C20H31IN4O. The maximum Gasteiger partial charge on any atom is 0.191 e. The third-order valence-corrected chi connectivity index (χ3v) is 5.10. The molecule has 144 valence electrons. The molecular weight excluding hydrogens is 439 g/mol. The molecule has 3 rings (SSSR count). The van der Waals surface area contributed by atoms with Gasteiger partial charge in [0.2, 0.25) is 0 Å². The zero-order valence-electron chi connectivity index (χ0n) is 15.8. The highest BCUT2D eigenvalue weighted by molar-refractivity contribution is 14.0. The van der Waals surface area contributed by atoms with Gasteiger partial charge in [0.15, 0.2) is 5.96 Å². The van der Waals surface area contributed by atoms with Crippen LogP contribution >= 0.6 is 24.0 Å². The van der Waals surface area contributed by atoms with E-state index in [0.717, 1.165) is 44.2 Å². The summed E-state index contributed by atoms with van der Waals surface area (Å²) in [6.07, 6.45) is 9.17. The van der Waals surface area contributed by atoms with Crippen molar-refractivity contribution in [2.75, 3.05) is 33.8 Å². The number of hydrogen-bond acceptors (Lipinski definition) is 3. The molecule has 0 amide bonds. The summed E-state index contributed by atoms with van der Waals surface area (Å²) in [5.74, 6) is 1.81. The fraction of sp³-hybridized carbons (Fsp3) is 0.550. The van der Waals surface area contributed by atoms with E-state index in [-0.39, 0.29) is 24.0 Å². The lowest BCUT2D eigenvalue weighted by atomic mass is 10.1. The van der Waals surface area contributed by atoms with Gasteiger partial charge in [-0.25, -0.2) is 0 Å². The van der Waals surface area contributed by atoms with E-state index in [4.69, 9.17) is 4.74 Å². The van der Waals surface area contributed by atoms with E-state index in [1.54, 1.807) is 7.11 Å². The summed E-state index contributed by atoms with van der Waals surface area (Å²) in [4.78, 5) is 6.96. The molecule has 1 aliphatic carbocycles. The predicted octanol–water partition coefficient (Wildman–Crippen LogP) is 3.33. The number of guanidine groups is 1. The summed E-state index contributed by atoms with van der Waals surface area (Å²) in [6, 6.07) is 9.23. The van der Waals surface area contributed by atoms with Gasteiger partial charge in [-0.15, -0.1) is 24.0 Å². The summed E-state index contributed by atoms with van der Waals surface area (Å²) in [7, 11) is 3.57. The fourth-order valence-electron chi connectivity index (χ4n) is 3.68. The fourth-order valence-corrected chi connectivity index (χ4v) is 3.68. The minimum absolute atomic E-state index is 0. The number of rotatable bonds is 6. The molecule has 1 aliphatic heterocycles. The Balaban J connectivity index is 0.00000243. The van der Waals surface area contributed by atoms with Crippen LogP contribution in [0.2, 0.25) is 0 Å². The number of nitrogens with zero attached hydrogens (tertiary/aromatic N) is 2. The lowest BCUT2D eigenvalue weighted by Crippen LogP contribution is -2.45. The number of nitrogens with one attached hydrogen (secondary N) is 2. The van der Waals surface area contributed by atoms with Crippen molar-refractivity contribution in [3.63, 3.8) is 0 Å². The molecule has 1 saturated heterocycles. The molecule has 26 heavy (non-hydrogen) atoms. The molecule has 1 unspecified atom stereocenters. The van der Waals surface area contributed by atoms with E-state index >= 15 is 0 Å². The molecule has 2 N–H and O–H groups in total. The van der Waals surface area contributed by atoms with E-state index in [9.17, 15) is 0 Å². The van der Waals surface area contributed by atoms with Crippen LogP contribution in [0.15, 0.2) is 41.4 Å². The molecule has 6 heteroatoms. The van der Waals surface area contributed by atoms with Gasteiger partial charge in [0.25, 0.3) is 0 Å². The van der Waals surface area contributed by atoms with Gasteiger partial charge in [-0.3, -0.25) is 9.89 Å². The predicted molar refractivity (Wildman–Crippen MR) is 119 cm³/mol. The molecule has 1 heterocycles. The first kappa shape index (κ1) is 21.0. The Morgan fingerprint density at radius 2 is 2.00 bits per heavy atom. The van der Waals surface area contributed by atoms with Crippen molar-refractivity contribution in [1.82, 2.24) is 15.5 Å². The molecule has 1 fully saturated rings. The van der Waals surface area contributed by atoms with Crippen LogP contribution in [0.25, 0.3) is 0 Å². The Hall–Kier alpha value is -1.28. The molecule has 1 aromatic rings. The molecule has 1 aromatic carbocycles.